The van der Waals surface area contributed by atoms with E-state index in [1.165, 1.54) is 4.90 Å². The number of halogens is 4. The summed E-state index contributed by atoms with van der Waals surface area (Å²) >= 11 is 11.5. The lowest BCUT2D eigenvalue weighted by atomic mass is 10.2. The number of aromatic nitrogens is 1. The Bertz CT molecular complexity index is 366. The van der Waals surface area contributed by atoms with Gasteiger partial charge in [-0.25, -0.2) is 13.8 Å². The molecule has 0 aliphatic rings. The molecule has 0 fully saturated rings. The van der Waals surface area contributed by atoms with Gasteiger partial charge in [0, 0.05) is 18.7 Å². The summed E-state index contributed by atoms with van der Waals surface area (Å²) in [5.74, 6) is 0. The lowest BCUT2D eigenvalue weighted by Gasteiger charge is -2.21. The minimum atomic E-state index is -2.46. The van der Waals surface area contributed by atoms with Crippen molar-refractivity contribution in [2.45, 2.75) is 13.0 Å². The first-order valence-electron chi connectivity index (χ1n) is 4.95. The van der Waals surface area contributed by atoms with E-state index in [2.05, 4.69) is 4.98 Å². The van der Waals surface area contributed by atoms with Gasteiger partial charge in [-0.15, -0.1) is 0 Å². The molecular formula is C10H12Cl2F2N2O. The van der Waals surface area contributed by atoms with Gasteiger partial charge in [-0.2, -0.15) is 0 Å². The zero-order chi connectivity index (χ0) is 12.8. The molecule has 0 aromatic carbocycles. The SMILES string of the molecule is OCCN(Cc1ccc(Cl)nc1Cl)CC(F)F. The summed E-state index contributed by atoms with van der Waals surface area (Å²) in [5, 5.41) is 9.23. The molecule has 0 saturated heterocycles. The van der Waals surface area contributed by atoms with E-state index >= 15 is 0 Å². The van der Waals surface area contributed by atoms with Crippen molar-refractivity contribution < 1.29 is 13.9 Å². The van der Waals surface area contributed by atoms with Crippen molar-refractivity contribution in [1.29, 1.82) is 0 Å². The van der Waals surface area contributed by atoms with Gasteiger partial charge >= 0.3 is 0 Å². The molecule has 0 radical (unpaired) electrons. The van der Waals surface area contributed by atoms with Gasteiger partial charge in [-0.1, -0.05) is 29.3 Å². The van der Waals surface area contributed by atoms with Crippen molar-refractivity contribution in [3.8, 4) is 0 Å². The van der Waals surface area contributed by atoms with Gasteiger partial charge in [-0.05, 0) is 6.07 Å². The summed E-state index contributed by atoms with van der Waals surface area (Å²) in [6.07, 6.45) is -2.46. The second-order valence-electron chi connectivity index (χ2n) is 3.43. The van der Waals surface area contributed by atoms with E-state index in [9.17, 15) is 8.78 Å². The van der Waals surface area contributed by atoms with Crippen LogP contribution in [0, 0.1) is 0 Å². The van der Waals surface area contributed by atoms with Crippen LogP contribution < -0.4 is 0 Å². The first-order valence-corrected chi connectivity index (χ1v) is 5.70. The molecule has 0 aliphatic heterocycles. The monoisotopic (exact) mass is 284 g/mol. The normalized spacial score (nSPS) is 11.5. The third-order valence-corrected chi connectivity index (χ3v) is 2.64. The van der Waals surface area contributed by atoms with Crippen molar-refractivity contribution >= 4 is 23.2 Å². The van der Waals surface area contributed by atoms with E-state index in [1.807, 2.05) is 0 Å². The third-order valence-electron chi connectivity index (χ3n) is 2.10. The predicted octanol–water partition coefficient (Wildman–Crippen LogP) is 2.45. The summed E-state index contributed by atoms with van der Waals surface area (Å²) in [6.45, 7) is -0.248. The fourth-order valence-electron chi connectivity index (χ4n) is 1.37. The lowest BCUT2D eigenvalue weighted by Crippen LogP contribution is -2.31. The van der Waals surface area contributed by atoms with Crippen molar-refractivity contribution in [2.24, 2.45) is 0 Å². The van der Waals surface area contributed by atoms with E-state index in [0.717, 1.165) is 0 Å². The van der Waals surface area contributed by atoms with Crippen LogP contribution in [0.5, 0.6) is 0 Å². The van der Waals surface area contributed by atoms with Gasteiger partial charge in [0.2, 0.25) is 0 Å². The molecule has 17 heavy (non-hydrogen) atoms. The quantitative estimate of drug-likeness (QED) is 0.816. The standard InChI is InChI=1S/C10H12Cl2F2N2O/c11-8-2-1-7(10(12)15-8)5-16(3-4-17)6-9(13)14/h1-2,9,17H,3-6H2. The fraction of sp³-hybridized carbons (Fsp3) is 0.500. The summed E-state index contributed by atoms with van der Waals surface area (Å²) in [6, 6.07) is 3.18. The molecule has 1 heterocycles. The van der Waals surface area contributed by atoms with Gasteiger partial charge in [-0.3, -0.25) is 4.90 Å². The largest absolute Gasteiger partial charge is 0.395 e. The number of nitrogens with zero attached hydrogens (tertiary/aromatic N) is 2. The molecule has 7 heteroatoms. The van der Waals surface area contributed by atoms with Gasteiger partial charge in [0.25, 0.3) is 6.43 Å². The van der Waals surface area contributed by atoms with Crippen LogP contribution in [0.3, 0.4) is 0 Å². The van der Waals surface area contributed by atoms with Crippen molar-refractivity contribution in [3.05, 3.63) is 28.0 Å². The molecule has 0 saturated carbocycles. The second kappa shape index (κ2) is 7.06. The Morgan fingerprint density at radius 2 is 2.06 bits per heavy atom. The van der Waals surface area contributed by atoms with Crippen LogP contribution in [0.15, 0.2) is 12.1 Å². The molecule has 0 unspecified atom stereocenters. The van der Waals surface area contributed by atoms with E-state index in [4.69, 9.17) is 28.3 Å². The highest BCUT2D eigenvalue weighted by Crippen LogP contribution is 2.18. The van der Waals surface area contributed by atoms with Gasteiger partial charge in [0.1, 0.15) is 10.3 Å². The molecule has 0 atom stereocenters. The van der Waals surface area contributed by atoms with E-state index in [-0.39, 0.29) is 30.0 Å². The Kier molecular flexibility index (Phi) is 6.05. The highest BCUT2D eigenvalue weighted by atomic mass is 35.5. The maximum absolute atomic E-state index is 12.3. The average molecular weight is 285 g/mol. The van der Waals surface area contributed by atoms with Crippen molar-refractivity contribution in [2.75, 3.05) is 19.7 Å². The first-order chi connectivity index (χ1) is 8.02. The molecule has 0 amide bonds. The molecule has 0 spiro atoms. The summed E-state index contributed by atoms with van der Waals surface area (Å²) < 4.78 is 24.6. The van der Waals surface area contributed by atoms with Crippen LogP contribution in [0.4, 0.5) is 8.78 Å². The van der Waals surface area contributed by atoms with E-state index < -0.39 is 13.0 Å². The Morgan fingerprint density at radius 3 is 2.59 bits per heavy atom. The first kappa shape index (κ1) is 14.6. The van der Waals surface area contributed by atoms with Gasteiger partial charge < -0.3 is 5.11 Å². The number of alkyl halides is 2. The second-order valence-corrected chi connectivity index (χ2v) is 4.18. The molecule has 3 nitrogen and oxygen atoms in total. The smallest absolute Gasteiger partial charge is 0.251 e. The highest BCUT2D eigenvalue weighted by molar-refractivity contribution is 6.32. The fourth-order valence-corrected chi connectivity index (χ4v) is 1.78. The topological polar surface area (TPSA) is 36.4 Å². The zero-order valence-corrected chi connectivity index (χ0v) is 10.4. The number of aliphatic hydroxyl groups is 1. The molecule has 96 valence electrons. The van der Waals surface area contributed by atoms with Crippen LogP contribution in [0.25, 0.3) is 0 Å². The number of hydrogen-bond acceptors (Lipinski definition) is 3. The molecule has 1 rings (SSSR count). The average Bonchev–Trinajstić information content (AvgIpc) is 2.21. The minimum Gasteiger partial charge on any atom is -0.395 e. The summed E-state index contributed by atoms with van der Waals surface area (Å²) in [5.41, 5.74) is 0.602. The molecule has 0 aliphatic carbocycles. The van der Waals surface area contributed by atoms with Crippen LogP contribution in [-0.2, 0) is 6.54 Å². The minimum absolute atomic E-state index is 0.156. The Hall–Kier alpha value is -0.490. The molecule has 0 bridgehead atoms. The Morgan fingerprint density at radius 1 is 1.35 bits per heavy atom. The van der Waals surface area contributed by atoms with Crippen LogP contribution >= 0.6 is 23.2 Å². The lowest BCUT2D eigenvalue weighted by molar-refractivity contribution is 0.0746. The van der Waals surface area contributed by atoms with Crippen molar-refractivity contribution in [1.82, 2.24) is 9.88 Å². The number of hydrogen-bond donors (Lipinski definition) is 1. The Balaban J connectivity index is 2.71. The van der Waals surface area contributed by atoms with E-state index in [1.54, 1.807) is 12.1 Å². The number of rotatable bonds is 6. The highest BCUT2D eigenvalue weighted by Gasteiger charge is 2.14. The van der Waals surface area contributed by atoms with Crippen LogP contribution in [0.2, 0.25) is 10.3 Å². The predicted molar refractivity (Wildman–Crippen MR) is 62.6 cm³/mol. The molecule has 1 aromatic heterocycles. The Labute approximate surface area is 108 Å². The molecule has 1 aromatic rings. The van der Waals surface area contributed by atoms with Gasteiger partial charge in [0.15, 0.2) is 0 Å². The summed E-state index contributed by atoms with van der Waals surface area (Å²) in [7, 11) is 0. The third kappa shape index (κ3) is 5.12. The molecule has 1 N–H and O–H groups in total. The van der Waals surface area contributed by atoms with Crippen LogP contribution in [0.1, 0.15) is 5.56 Å². The van der Waals surface area contributed by atoms with Gasteiger partial charge in [0.05, 0.1) is 13.2 Å². The maximum atomic E-state index is 12.3. The van der Waals surface area contributed by atoms with E-state index in [0.29, 0.717) is 5.56 Å². The van der Waals surface area contributed by atoms with Crippen LogP contribution in [-0.4, -0.2) is 41.1 Å². The zero-order valence-electron chi connectivity index (χ0n) is 8.91. The maximum Gasteiger partial charge on any atom is 0.251 e. The summed E-state index contributed by atoms with van der Waals surface area (Å²) in [4.78, 5) is 5.22. The van der Waals surface area contributed by atoms with Crippen molar-refractivity contribution in [3.63, 3.8) is 0 Å². The molecular weight excluding hydrogens is 273 g/mol. The number of aliphatic hydroxyl groups excluding tert-OH is 1. The number of pyridine rings is 1.